The summed E-state index contributed by atoms with van der Waals surface area (Å²) >= 11 is 0. The number of pyridine rings is 1. The summed E-state index contributed by atoms with van der Waals surface area (Å²) in [6.07, 6.45) is 3.24. The highest BCUT2D eigenvalue weighted by atomic mass is 16.2. The fraction of sp³-hybridized carbons (Fsp3) is 0.174. The van der Waals surface area contributed by atoms with E-state index in [9.17, 15) is 9.59 Å². The Morgan fingerprint density at radius 3 is 2.34 bits per heavy atom. The Bertz CT molecular complexity index is 1020. The standard InChI is InChI=1S/C23H24N4O2/c1-4-27(22-7-5-6-16(2)12-22)23(29)18-13-21(15-24-14-18)26-20-10-8-19(9-11-20)25-17(3)28/h5-15,26H,4H2,1-3H3,(H,25,28). The molecule has 148 valence electrons. The zero-order chi connectivity index (χ0) is 20.8. The summed E-state index contributed by atoms with van der Waals surface area (Å²) in [7, 11) is 0. The Morgan fingerprint density at radius 2 is 1.69 bits per heavy atom. The molecule has 0 aliphatic rings. The van der Waals surface area contributed by atoms with Crippen LogP contribution in [0, 0.1) is 6.92 Å². The lowest BCUT2D eigenvalue weighted by Crippen LogP contribution is -2.30. The van der Waals surface area contributed by atoms with Crippen molar-refractivity contribution in [1.29, 1.82) is 0 Å². The summed E-state index contributed by atoms with van der Waals surface area (Å²) in [4.78, 5) is 30.1. The summed E-state index contributed by atoms with van der Waals surface area (Å²) in [5, 5.41) is 5.97. The van der Waals surface area contributed by atoms with Crippen LogP contribution in [0.4, 0.5) is 22.7 Å². The molecule has 1 heterocycles. The zero-order valence-electron chi connectivity index (χ0n) is 16.8. The molecule has 2 amide bonds. The van der Waals surface area contributed by atoms with Crippen LogP contribution in [0.1, 0.15) is 29.8 Å². The van der Waals surface area contributed by atoms with E-state index in [1.807, 2.05) is 62.4 Å². The first-order valence-corrected chi connectivity index (χ1v) is 9.44. The Labute approximate surface area is 170 Å². The van der Waals surface area contributed by atoms with Crippen LogP contribution < -0.4 is 15.5 Å². The topological polar surface area (TPSA) is 74.3 Å². The first-order valence-electron chi connectivity index (χ1n) is 9.44. The molecule has 0 bridgehead atoms. The van der Waals surface area contributed by atoms with Gasteiger partial charge in [-0.25, -0.2) is 0 Å². The first-order chi connectivity index (χ1) is 14.0. The van der Waals surface area contributed by atoms with E-state index >= 15 is 0 Å². The van der Waals surface area contributed by atoms with Gasteiger partial charge in [-0.15, -0.1) is 0 Å². The molecule has 0 aliphatic carbocycles. The van der Waals surface area contributed by atoms with Gasteiger partial charge >= 0.3 is 0 Å². The van der Waals surface area contributed by atoms with Crippen molar-refractivity contribution in [2.75, 3.05) is 22.1 Å². The second kappa shape index (κ2) is 9.01. The fourth-order valence-corrected chi connectivity index (χ4v) is 3.03. The normalized spacial score (nSPS) is 10.3. The van der Waals surface area contributed by atoms with Crippen LogP contribution >= 0.6 is 0 Å². The van der Waals surface area contributed by atoms with Gasteiger partial charge in [0.25, 0.3) is 5.91 Å². The van der Waals surface area contributed by atoms with Gasteiger partial charge in [0, 0.05) is 36.7 Å². The van der Waals surface area contributed by atoms with Gasteiger partial charge < -0.3 is 15.5 Å². The number of amides is 2. The van der Waals surface area contributed by atoms with Gasteiger partial charge in [0.15, 0.2) is 0 Å². The molecule has 0 spiro atoms. The third-order valence-electron chi connectivity index (χ3n) is 4.35. The second-order valence-electron chi connectivity index (χ2n) is 6.73. The molecule has 3 rings (SSSR count). The molecular weight excluding hydrogens is 364 g/mol. The molecule has 0 atom stereocenters. The first kappa shape index (κ1) is 20.1. The van der Waals surface area contributed by atoms with Crippen LogP contribution in [0.25, 0.3) is 0 Å². The maximum absolute atomic E-state index is 13.1. The highest BCUT2D eigenvalue weighted by Crippen LogP contribution is 2.22. The lowest BCUT2D eigenvalue weighted by atomic mass is 10.1. The number of anilines is 4. The number of nitrogens with one attached hydrogen (secondary N) is 2. The summed E-state index contributed by atoms with van der Waals surface area (Å²) in [6, 6.07) is 17.0. The van der Waals surface area contributed by atoms with Crippen molar-refractivity contribution < 1.29 is 9.59 Å². The highest BCUT2D eigenvalue weighted by molar-refractivity contribution is 6.06. The third-order valence-corrected chi connectivity index (χ3v) is 4.35. The smallest absolute Gasteiger partial charge is 0.259 e. The van der Waals surface area contributed by atoms with Crippen molar-refractivity contribution in [1.82, 2.24) is 4.98 Å². The summed E-state index contributed by atoms with van der Waals surface area (Å²) in [5.41, 5.74) is 4.74. The molecule has 6 heteroatoms. The number of carbonyl (C=O) groups is 2. The Hall–Kier alpha value is -3.67. The molecule has 2 N–H and O–H groups in total. The Balaban J connectivity index is 1.77. The maximum atomic E-state index is 13.1. The van der Waals surface area contributed by atoms with Crippen LogP contribution in [-0.4, -0.2) is 23.3 Å². The van der Waals surface area contributed by atoms with E-state index in [0.29, 0.717) is 17.8 Å². The number of nitrogens with zero attached hydrogens (tertiary/aromatic N) is 2. The number of rotatable bonds is 6. The average Bonchev–Trinajstić information content (AvgIpc) is 2.70. The van der Waals surface area contributed by atoms with Gasteiger partial charge in [-0.05, 0) is 61.9 Å². The number of hydrogen-bond donors (Lipinski definition) is 2. The molecule has 0 saturated heterocycles. The number of aryl methyl sites for hydroxylation is 1. The van der Waals surface area contributed by atoms with E-state index in [0.717, 1.165) is 22.6 Å². The van der Waals surface area contributed by atoms with Crippen LogP contribution in [-0.2, 0) is 4.79 Å². The van der Waals surface area contributed by atoms with Crippen LogP contribution in [0.3, 0.4) is 0 Å². The van der Waals surface area contributed by atoms with Crippen molar-refractivity contribution in [2.24, 2.45) is 0 Å². The monoisotopic (exact) mass is 388 g/mol. The molecule has 0 unspecified atom stereocenters. The minimum Gasteiger partial charge on any atom is -0.354 e. The summed E-state index contributed by atoms with van der Waals surface area (Å²) in [5.74, 6) is -0.217. The van der Waals surface area contributed by atoms with E-state index in [4.69, 9.17) is 0 Å². The van der Waals surface area contributed by atoms with E-state index in [2.05, 4.69) is 15.6 Å². The third kappa shape index (κ3) is 5.19. The molecule has 0 saturated carbocycles. The second-order valence-corrected chi connectivity index (χ2v) is 6.73. The van der Waals surface area contributed by atoms with Gasteiger partial charge in [0.05, 0.1) is 17.4 Å². The molecular formula is C23H24N4O2. The lowest BCUT2D eigenvalue weighted by molar-refractivity contribution is -0.114. The van der Waals surface area contributed by atoms with Gasteiger partial charge in [-0.1, -0.05) is 12.1 Å². The molecule has 0 aliphatic heterocycles. The SMILES string of the molecule is CCN(C(=O)c1cncc(Nc2ccc(NC(C)=O)cc2)c1)c1cccc(C)c1. The molecule has 3 aromatic rings. The largest absolute Gasteiger partial charge is 0.354 e. The van der Waals surface area contributed by atoms with Crippen LogP contribution in [0.15, 0.2) is 67.0 Å². The number of carbonyl (C=O) groups excluding carboxylic acids is 2. The van der Waals surface area contributed by atoms with Gasteiger partial charge in [-0.3, -0.25) is 14.6 Å². The Morgan fingerprint density at radius 1 is 0.966 bits per heavy atom. The Kier molecular flexibility index (Phi) is 6.24. The molecule has 29 heavy (non-hydrogen) atoms. The summed E-state index contributed by atoms with van der Waals surface area (Å²) in [6.45, 7) is 5.98. The number of hydrogen-bond acceptors (Lipinski definition) is 4. The van der Waals surface area contributed by atoms with E-state index in [-0.39, 0.29) is 11.8 Å². The number of aromatic nitrogens is 1. The van der Waals surface area contributed by atoms with Crippen molar-refractivity contribution in [3.8, 4) is 0 Å². The van der Waals surface area contributed by atoms with Crippen molar-refractivity contribution in [2.45, 2.75) is 20.8 Å². The van der Waals surface area contributed by atoms with Gasteiger partial charge in [0.2, 0.25) is 5.91 Å². The predicted molar refractivity (Wildman–Crippen MR) is 117 cm³/mol. The highest BCUT2D eigenvalue weighted by Gasteiger charge is 2.17. The zero-order valence-corrected chi connectivity index (χ0v) is 16.8. The maximum Gasteiger partial charge on any atom is 0.259 e. The minimum absolute atomic E-state index is 0.102. The lowest BCUT2D eigenvalue weighted by Gasteiger charge is -2.21. The number of benzene rings is 2. The minimum atomic E-state index is -0.116. The van der Waals surface area contributed by atoms with Crippen LogP contribution in [0.2, 0.25) is 0 Å². The molecule has 0 radical (unpaired) electrons. The quantitative estimate of drug-likeness (QED) is 0.638. The predicted octanol–water partition coefficient (Wildman–Crippen LogP) is 4.76. The molecule has 2 aromatic carbocycles. The van der Waals surface area contributed by atoms with Crippen molar-refractivity contribution >= 4 is 34.6 Å². The van der Waals surface area contributed by atoms with E-state index in [1.54, 1.807) is 23.4 Å². The fourth-order valence-electron chi connectivity index (χ4n) is 3.03. The van der Waals surface area contributed by atoms with Crippen LogP contribution in [0.5, 0.6) is 0 Å². The van der Waals surface area contributed by atoms with E-state index in [1.165, 1.54) is 6.92 Å². The van der Waals surface area contributed by atoms with E-state index < -0.39 is 0 Å². The average molecular weight is 388 g/mol. The van der Waals surface area contributed by atoms with Gasteiger partial charge in [0.1, 0.15) is 0 Å². The molecule has 1 aromatic heterocycles. The van der Waals surface area contributed by atoms with Crippen molar-refractivity contribution in [3.63, 3.8) is 0 Å². The summed E-state index contributed by atoms with van der Waals surface area (Å²) < 4.78 is 0. The van der Waals surface area contributed by atoms with Gasteiger partial charge in [-0.2, -0.15) is 0 Å². The molecule has 0 fully saturated rings. The van der Waals surface area contributed by atoms with Crippen molar-refractivity contribution in [3.05, 3.63) is 78.1 Å². The molecule has 6 nitrogen and oxygen atoms in total.